The molecule has 0 saturated carbocycles. The van der Waals surface area contributed by atoms with Crippen molar-refractivity contribution in [1.82, 2.24) is 9.55 Å². The first kappa shape index (κ1) is 11.5. The molecule has 0 saturated heterocycles. The number of aliphatic hydroxyl groups excluding tert-OH is 1. The lowest BCUT2D eigenvalue weighted by Crippen LogP contribution is -2.19. The molecule has 0 aromatic heterocycles. The van der Waals surface area contributed by atoms with Gasteiger partial charge < -0.3 is 5.11 Å². The van der Waals surface area contributed by atoms with E-state index in [4.69, 9.17) is 0 Å². The predicted octanol–water partition coefficient (Wildman–Crippen LogP) is 2.07. The van der Waals surface area contributed by atoms with E-state index in [1.807, 2.05) is 53.1 Å². The maximum Gasteiger partial charge on any atom is 0.145 e. The Morgan fingerprint density at radius 2 is 1.89 bits per heavy atom. The zero-order valence-electron chi connectivity index (χ0n) is 10.7. The first-order valence-electron chi connectivity index (χ1n) is 6.09. The van der Waals surface area contributed by atoms with Crippen LogP contribution in [-0.2, 0) is 0 Å². The Labute approximate surface area is 111 Å². The summed E-state index contributed by atoms with van der Waals surface area (Å²) in [5.74, 6) is 1.03. The van der Waals surface area contributed by atoms with E-state index in [0.717, 1.165) is 22.4 Å². The summed E-state index contributed by atoms with van der Waals surface area (Å²) in [4.78, 5) is 4.49. The molecule has 2 aliphatic heterocycles. The van der Waals surface area contributed by atoms with Crippen LogP contribution in [-0.4, -0.2) is 14.7 Å². The predicted molar refractivity (Wildman–Crippen MR) is 76.7 cm³/mol. The summed E-state index contributed by atoms with van der Waals surface area (Å²) in [5, 5.41) is 11.0. The molecule has 0 radical (unpaired) electrons. The summed E-state index contributed by atoms with van der Waals surface area (Å²) in [5.41, 5.74) is 2.00. The van der Waals surface area contributed by atoms with Crippen molar-refractivity contribution < 1.29 is 5.11 Å². The molecule has 0 amide bonds. The molecular weight excluding hydrogens is 236 g/mol. The van der Waals surface area contributed by atoms with E-state index in [1.54, 1.807) is 6.92 Å². The summed E-state index contributed by atoms with van der Waals surface area (Å²) in [7, 11) is 0. The Hall–Kier alpha value is -2.55. The largest absolute Gasteiger partial charge is 0.510 e. The van der Waals surface area contributed by atoms with Gasteiger partial charge in [0.1, 0.15) is 16.9 Å². The molecule has 1 aromatic carbocycles. The number of aromatic nitrogens is 2. The monoisotopic (exact) mass is 250 g/mol. The van der Waals surface area contributed by atoms with Gasteiger partial charge in [0.25, 0.3) is 0 Å². The van der Waals surface area contributed by atoms with Gasteiger partial charge in [0.15, 0.2) is 0 Å². The van der Waals surface area contributed by atoms with E-state index in [0.29, 0.717) is 5.35 Å². The van der Waals surface area contributed by atoms with Crippen molar-refractivity contribution in [2.75, 3.05) is 0 Å². The van der Waals surface area contributed by atoms with Crippen LogP contribution in [0.5, 0.6) is 0 Å². The number of nitrogens with zero attached hydrogens (tertiary/aromatic N) is 2. The van der Waals surface area contributed by atoms with Crippen molar-refractivity contribution in [1.29, 1.82) is 0 Å². The molecule has 2 aliphatic rings. The highest BCUT2D eigenvalue weighted by atomic mass is 16.3. The van der Waals surface area contributed by atoms with Gasteiger partial charge in [0, 0.05) is 16.6 Å². The van der Waals surface area contributed by atoms with E-state index < -0.39 is 0 Å². The Morgan fingerprint density at radius 1 is 1.16 bits per heavy atom. The fourth-order valence-electron chi connectivity index (χ4n) is 2.17. The first-order chi connectivity index (χ1) is 9.16. The summed E-state index contributed by atoms with van der Waals surface area (Å²) < 4.78 is 1.99. The number of para-hydroxylation sites is 1. The molecule has 0 unspecified atom stereocenters. The minimum Gasteiger partial charge on any atom is -0.510 e. The number of hydrogen-bond acceptors (Lipinski definition) is 2. The average molecular weight is 250 g/mol. The minimum absolute atomic E-state index is 0.224. The average Bonchev–Trinajstić information content (AvgIpc) is 2.83. The number of rotatable bonds is 1. The molecule has 0 fully saturated rings. The molecule has 3 rings (SSSR count). The van der Waals surface area contributed by atoms with Crippen LogP contribution in [0.2, 0.25) is 0 Å². The Bertz CT molecular complexity index is 799. The smallest absolute Gasteiger partial charge is 0.145 e. The molecule has 0 atom stereocenters. The third-order valence-electron chi connectivity index (χ3n) is 3.12. The van der Waals surface area contributed by atoms with Gasteiger partial charge in [-0.2, -0.15) is 0 Å². The maximum absolute atomic E-state index is 9.58. The molecule has 1 N–H and O–H groups in total. The molecule has 3 heteroatoms. The molecular formula is C16H14N2O. The van der Waals surface area contributed by atoms with Crippen molar-refractivity contribution in [3.05, 3.63) is 59.2 Å². The van der Waals surface area contributed by atoms with Crippen molar-refractivity contribution >= 4 is 12.3 Å². The van der Waals surface area contributed by atoms with Gasteiger partial charge >= 0.3 is 0 Å². The van der Waals surface area contributed by atoms with E-state index in [-0.39, 0.29) is 5.76 Å². The molecule has 0 bridgehead atoms. The third-order valence-corrected chi connectivity index (χ3v) is 3.12. The van der Waals surface area contributed by atoms with E-state index in [2.05, 4.69) is 11.6 Å². The summed E-state index contributed by atoms with van der Waals surface area (Å²) >= 11 is 0. The van der Waals surface area contributed by atoms with Crippen molar-refractivity contribution in [3.63, 3.8) is 0 Å². The Balaban J connectivity index is 2.40. The zero-order chi connectivity index (χ0) is 13.4. The van der Waals surface area contributed by atoms with Crippen LogP contribution in [0.15, 0.2) is 48.5 Å². The highest BCUT2D eigenvalue weighted by molar-refractivity contribution is 5.62. The highest BCUT2D eigenvalue weighted by Crippen LogP contribution is 2.18. The van der Waals surface area contributed by atoms with Crippen molar-refractivity contribution in [2.45, 2.75) is 6.92 Å². The number of benzene rings is 1. The van der Waals surface area contributed by atoms with Crippen molar-refractivity contribution in [2.24, 2.45) is 0 Å². The SMILES string of the molecule is C=c1ccc2cc(=C(C)O)nc-2n1-c1ccccc1. The number of fused-ring (bicyclic) bond motifs is 1. The van der Waals surface area contributed by atoms with Crippen LogP contribution in [0.3, 0.4) is 0 Å². The quantitative estimate of drug-likeness (QED) is 0.718. The molecule has 3 nitrogen and oxygen atoms in total. The van der Waals surface area contributed by atoms with Gasteiger partial charge in [-0.15, -0.1) is 0 Å². The van der Waals surface area contributed by atoms with E-state index in [1.165, 1.54) is 0 Å². The number of pyridine rings is 1. The molecule has 94 valence electrons. The van der Waals surface area contributed by atoms with Gasteiger partial charge in [-0.3, -0.25) is 4.57 Å². The van der Waals surface area contributed by atoms with E-state index in [9.17, 15) is 5.11 Å². The molecule has 2 heterocycles. The highest BCUT2D eigenvalue weighted by Gasteiger charge is 2.12. The summed E-state index contributed by atoms with van der Waals surface area (Å²) in [6.45, 7) is 5.69. The topological polar surface area (TPSA) is 38.1 Å². The molecule has 0 aliphatic carbocycles. The normalized spacial score (nSPS) is 12.7. The van der Waals surface area contributed by atoms with Crippen LogP contribution in [0.25, 0.3) is 29.4 Å². The van der Waals surface area contributed by atoms with Gasteiger partial charge in [0.05, 0.1) is 0 Å². The molecule has 1 aromatic rings. The van der Waals surface area contributed by atoms with Crippen LogP contribution >= 0.6 is 0 Å². The lowest BCUT2D eigenvalue weighted by molar-refractivity contribution is 0.497. The Kier molecular flexibility index (Phi) is 2.60. The summed E-state index contributed by atoms with van der Waals surface area (Å²) in [6, 6.07) is 15.8. The second-order valence-corrected chi connectivity index (χ2v) is 4.50. The number of hydrogen-bond donors (Lipinski definition) is 1. The zero-order valence-corrected chi connectivity index (χ0v) is 10.7. The van der Waals surface area contributed by atoms with E-state index >= 15 is 0 Å². The van der Waals surface area contributed by atoms with Crippen LogP contribution in [0.1, 0.15) is 6.92 Å². The fourth-order valence-corrected chi connectivity index (χ4v) is 2.17. The van der Waals surface area contributed by atoms with Crippen LogP contribution in [0, 0.1) is 0 Å². The van der Waals surface area contributed by atoms with Crippen LogP contribution < -0.4 is 10.7 Å². The molecule has 19 heavy (non-hydrogen) atoms. The van der Waals surface area contributed by atoms with Gasteiger partial charge in [-0.05, 0) is 37.3 Å². The minimum atomic E-state index is 0.224. The van der Waals surface area contributed by atoms with Gasteiger partial charge in [-0.1, -0.05) is 24.8 Å². The number of aliphatic hydroxyl groups is 1. The van der Waals surface area contributed by atoms with Gasteiger partial charge in [-0.25, -0.2) is 4.98 Å². The Morgan fingerprint density at radius 3 is 2.58 bits per heavy atom. The third kappa shape index (κ3) is 1.89. The van der Waals surface area contributed by atoms with Crippen LogP contribution in [0.4, 0.5) is 0 Å². The standard InChI is InChI=1S/C16H14N2O/c1-11-8-9-13-10-15(12(2)19)17-16(13)18(11)14-6-4-3-5-7-14/h3-10,19H,1H2,2H3. The maximum atomic E-state index is 9.58. The van der Waals surface area contributed by atoms with Gasteiger partial charge in [0.2, 0.25) is 0 Å². The van der Waals surface area contributed by atoms with Crippen molar-refractivity contribution in [3.8, 4) is 17.1 Å². The fraction of sp³-hybridized carbons (Fsp3) is 0.0625. The second kappa shape index (κ2) is 4.28. The molecule has 0 spiro atoms. The summed E-state index contributed by atoms with van der Waals surface area (Å²) in [6.07, 6.45) is 0. The lowest BCUT2D eigenvalue weighted by atomic mass is 10.2. The lowest BCUT2D eigenvalue weighted by Gasteiger charge is -2.12. The first-order valence-corrected chi connectivity index (χ1v) is 6.09. The second-order valence-electron chi connectivity index (χ2n) is 4.50.